The number of hydrogen-bond donors (Lipinski definition) is 3. The lowest BCUT2D eigenvalue weighted by molar-refractivity contribution is 0.0980. The van der Waals surface area contributed by atoms with E-state index >= 15 is 0 Å². The molecule has 0 bridgehead atoms. The Labute approximate surface area is 173 Å². The Hall–Kier alpha value is -3.49. The Bertz CT molecular complexity index is 1340. The standard InChI is InChI=1S/C22H18N2O5S/c1-11-7-12(2)9-13(8-11)24-16-10-17(30(27,28)29)20(23)19-18(16)21(25)14-5-3-4-6-15(14)22(19)26/h3-10,24H,23H2,1-2H3,(H,27,28,29). The van der Waals surface area contributed by atoms with Gasteiger partial charge >= 0.3 is 0 Å². The number of nitrogens with two attached hydrogens (primary N) is 1. The Morgan fingerprint density at radius 2 is 1.40 bits per heavy atom. The smallest absolute Gasteiger partial charge is 0.296 e. The number of nitrogens with one attached hydrogen (secondary N) is 1. The fraction of sp³-hybridized carbons (Fsp3) is 0.0909. The van der Waals surface area contributed by atoms with Crippen molar-refractivity contribution in [1.29, 1.82) is 0 Å². The summed E-state index contributed by atoms with van der Waals surface area (Å²) in [4.78, 5) is 25.8. The van der Waals surface area contributed by atoms with Gasteiger partial charge < -0.3 is 11.1 Å². The molecule has 0 fully saturated rings. The van der Waals surface area contributed by atoms with E-state index in [1.54, 1.807) is 12.1 Å². The number of benzene rings is 3. The predicted molar refractivity (Wildman–Crippen MR) is 113 cm³/mol. The third-order valence-electron chi connectivity index (χ3n) is 4.98. The number of rotatable bonds is 3. The predicted octanol–water partition coefficient (Wildman–Crippen LogP) is 3.65. The number of carbonyl (C=O) groups is 2. The minimum Gasteiger partial charge on any atom is -0.397 e. The Kier molecular flexibility index (Phi) is 4.48. The topological polar surface area (TPSA) is 127 Å². The monoisotopic (exact) mass is 422 g/mol. The van der Waals surface area contributed by atoms with Gasteiger partial charge in [0.05, 0.1) is 22.5 Å². The summed E-state index contributed by atoms with van der Waals surface area (Å²) >= 11 is 0. The van der Waals surface area contributed by atoms with E-state index in [0.29, 0.717) is 5.69 Å². The Morgan fingerprint density at radius 1 is 0.867 bits per heavy atom. The molecule has 4 N–H and O–H groups in total. The van der Waals surface area contributed by atoms with Gasteiger partial charge in [-0.1, -0.05) is 30.3 Å². The van der Waals surface area contributed by atoms with E-state index in [-0.39, 0.29) is 27.9 Å². The molecule has 0 saturated heterocycles. The van der Waals surface area contributed by atoms with Crippen molar-refractivity contribution in [2.45, 2.75) is 18.7 Å². The van der Waals surface area contributed by atoms with Crippen molar-refractivity contribution in [3.8, 4) is 0 Å². The first-order valence-electron chi connectivity index (χ1n) is 9.05. The molecule has 0 unspecified atom stereocenters. The van der Waals surface area contributed by atoms with Crippen molar-refractivity contribution in [1.82, 2.24) is 0 Å². The van der Waals surface area contributed by atoms with Gasteiger partial charge in [-0.15, -0.1) is 0 Å². The van der Waals surface area contributed by atoms with Crippen LogP contribution in [0.2, 0.25) is 0 Å². The maximum Gasteiger partial charge on any atom is 0.296 e. The molecule has 0 radical (unpaired) electrons. The summed E-state index contributed by atoms with van der Waals surface area (Å²) in [6.07, 6.45) is 0. The minimum absolute atomic E-state index is 0.0252. The highest BCUT2D eigenvalue weighted by molar-refractivity contribution is 7.86. The van der Waals surface area contributed by atoms with Crippen LogP contribution in [0.3, 0.4) is 0 Å². The number of nitrogen functional groups attached to an aromatic ring is 1. The first-order valence-corrected chi connectivity index (χ1v) is 10.5. The van der Waals surface area contributed by atoms with Gasteiger partial charge in [-0.2, -0.15) is 8.42 Å². The molecule has 0 spiro atoms. The summed E-state index contributed by atoms with van der Waals surface area (Å²) in [5.74, 6) is -1.03. The SMILES string of the molecule is Cc1cc(C)cc(Nc2cc(S(=O)(=O)O)c(N)c3c2C(=O)c2ccccc2C3=O)c1. The zero-order valence-electron chi connectivity index (χ0n) is 16.2. The Balaban J connectivity index is 2.03. The highest BCUT2D eigenvalue weighted by atomic mass is 32.2. The van der Waals surface area contributed by atoms with Crippen LogP contribution in [0.25, 0.3) is 0 Å². The zero-order chi connectivity index (χ0) is 21.8. The van der Waals surface area contributed by atoms with Crippen molar-refractivity contribution < 1.29 is 22.6 Å². The van der Waals surface area contributed by atoms with Gasteiger partial charge in [-0.05, 0) is 43.2 Å². The van der Waals surface area contributed by atoms with Crippen LogP contribution >= 0.6 is 0 Å². The Morgan fingerprint density at radius 3 is 1.93 bits per heavy atom. The van der Waals surface area contributed by atoms with E-state index in [4.69, 9.17) is 5.73 Å². The molecule has 1 aliphatic carbocycles. The molecule has 3 aromatic carbocycles. The van der Waals surface area contributed by atoms with Crippen LogP contribution in [0.15, 0.2) is 53.4 Å². The number of carbonyl (C=O) groups excluding carboxylic acids is 2. The van der Waals surface area contributed by atoms with E-state index in [1.807, 2.05) is 32.0 Å². The van der Waals surface area contributed by atoms with Crippen LogP contribution in [0, 0.1) is 13.8 Å². The molecular weight excluding hydrogens is 404 g/mol. The maximum atomic E-state index is 13.3. The van der Waals surface area contributed by atoms with Crippen LogP contribution < -0.4 is 11.1 Å². The number of aryl methyl sites for hydroxylation is 2. The third-order valence-corrected chi connectivity index (χ3v) is 5.87. The van der Waals surface area contributed by atoms with E-state index in [0.717, 1.165) is 17.2 Å². The van der Waals surface area contributed by atoms with E-state index in [2.05, 4.69) is 5.32 Å². The average Bonchev–Trinajstić information content (AvgIpc) is 2.65. The summed E-state index contributed by atoms with van der Waals surface area (Å²) in [7, 11) is -4.74. The normalized spacial score (nSPS) is 13.0. The van der Waals surface area contributed by atoms with Crippen molar-refractivity contribution in [3.05, 3.63) is 81.9 Å². The van der Waals surface area contributed by atoms with Crippen molar-refractivity contribution in [2.75, 3.05) is 11.1 Å². The fourth-order valence-corrected chi connectivity index (χ4v) is 4.45. The van der Waals surface area contributed by atoms with Gasteiger partial charge in [-0.25, -0.2) is 0 Å². The first-order chi connectivity index (χ1) is 14.1. The van der Waals surface area contributed by atoms with Gasteiger partial charge in [-0.3, -0.25) is 14.1 Å². The lowest BCUT2D eigenvalue weighted by Gasteiger charge is -2.23. The number of fused-ring (bicyclic) bond motifs is 2. The van der Waals surface area contributed by atoms with E-state index in [9.17, 15) is 22.6 Å². The molecule has 7 nitrogen and oxygen atoms in total. The molecular formula is C22H18N2O5S. The molecule has 0 amide bonds. The molecule has 152 valence electrons. The van der Waals surface area contributed by atoms with Gasteiger partial charge in [0.1, 0.15) is 4.90 Å². The maximum absolute atomic E-state index is 13.3. The second kappa shape index (κ2) is 6.79. The molecule has 30 heavy (non-hydrogen) atoms. The minimum atomic E-state index is -4.74. The second-order valence-electron chi connectivity index (χ2n) is 7.27. The molecule has 4 rings (SSSR count). The lowest BCUT2D eigenvalue weighted by Crippen LogP contribution is -2.25. The molecule has 8 heteroatoms. The van der Waals surface area contributed by atoms with E-state index < -0.39 is 32.3 Å². The second-order valence-corrected chi connectivity index (χ2v) is 8.66. The quantitative estimate of drug-likeness (QED) is 0.340. The molecule has 0 saturated carbocycles. The highest BCUT2D eigenvalue weighted by Crippen LogP contribution is 2.40. The van der Waals surface area contributed by atoms with Crippen LogP contribution in [0.4, 0.5) is 17.1 Å². The molecule has 3 aromatic rings. The van der Waals surface area contributed by atoms with Crippen LogP contribution in [0.5, 0.6) is 0 Å². The largest absolute Gasteiger partial charge is 0.397 e. The average molecular weight is 422 g/mol. The molecule has 0 heterocycles. The summed E-state index contributed by atoms with van der Waals surface area (Å²) in [6.45, 7) is 3.79. The fourth-order valence-electron chi connectivity index (χ4n) is 3.81. The van der Waals surface area contributed by atoms with Crippen molar-refractivity contribution >= 4 is 38.7 Å². The van der Waals surface area contributed by atoms with Gasteiger partial charge in [0.25, 0.3) is 10.1 Å². The molecule has 0 atom stereocenters. The molecule has 1 aliphatic rings. The highest BCUT2D eigenvalue weighted by Gasteiger charge is 2.36. The van der Waals surface area contributed by atoms with Crippen molar-refractivity contribution in [3.63, 3.8) is 0 Å². The zero-order valence-corrected chi connectivity index (χ0v) is 17.0. The molecule has 0 aliphatic heterocycles. The lowest BCUT2D eigenvalue weighted by atomic mass is 9.82. The summed E-state index contributed by atoms with van der Waals surface area (Å²) in [5.41, 5.74) is 8.16. The number of ketones is 2. The summed E-state index contributed by atoms with van der Waals surface area (Å²) < 4.78 is 33.5. The summed E-state index contributed by atoms with van der Waals surface area (Å²) in [6, 6.07) is 12.9. The van der Waals surface area contributed by atoms with Gasteiger partial charge in [0.2, 0.25) is 0 Å². The molecule has 0 aromatic heterocycles. The first kappa shape index (κ1) is 19.8. The van der Waals surface area contributed by atoms with Gasteiger partial charge in [0.15, 0.2) is 11.6 Å². The van der Waals surface area contributed by atoms with Crippen LogP contribution in [-0.2, 0) is 10.1 Å². The third kappa shape index (κ3) is 3.16. The van der Waals surface area contributed by atoms with E-state index in [1.165, 1.54) is 12.1 Å². The van der Waals surface area contributed by atoms with Crippen LogP contribution in [0.1, 0.15) is 43.0 Å². The van der Waals surface area contributed by atoms with Gasteiger partial charge in [0, 0.05) is 16.8 Å². The summed E-state index contributed by atoms with van der Waals surface area (Å²) in [5, 5.41) is 3.03. The van der Waals surface area contributed by atoms with Crippen LogP contribution in [-0.4, -0.2) is 24.5 Å². The number of anilines is 3. The number of hydrogen-bond acceptors (Lipinski definition) is 6. The van der Waals surface area contributed by atoms with Crippen molar-refractivity contribution in [2.24, 2.45) is 0 Å².